The van der Waals surface area contributed by atoms with Crippen molar-refractivity contribution in [3.63, 3.8) is 0 Å². The molecule has 0 spiro atoms. The molecule has 5 nitrogen and oxygen atoms in total. The molecule has 23 heavy (non-hydrogen) atoms. The van der Waals surface area contributed by atoms with Crippen LogP contribution in [-0.4, -0.2) is 33.3 Å². The molecule has 2 N–H and O–H groups in total. The molecule has 0 fully saturated rings. The summed E-state index contributed by atoms with van der Waals surface area (Å²) in [6.07, 6.45) is -1.42. The van der Waals surface area contributed by atoms with Crippen molar-refractivity contribution in [2.45, 2.75) is 33.0 Å². The fourth-order valence-electron chi connectivity index (χ4n) is 2.11. The Bertz CT molecular complexity index is 660. The van der Waals surface area contributed by atoms with Gasteiger partial charge in [0, 0.05) is 18.0 Å². The number of hydrogen-bond donors (Lipinski definition) is 2. The molecule has 1 unspecified atom stereocenters. The number of nitrogens with one attached hydrogen (secondary N) is 2. The smallest absolute Gasteiger partial charge is 0.339 e. The fourth-order valence-corrected chi connectivity index (χ4v) is 2.11. The van der Waals surface area contributed by atoms with E-state index in [1.54, 1.807) is 24.5 Å². The maximum absolute atomic E-state index is 13.1. The number of amides is 1. The highest BCUT2D eigenvalue weighted by Gasteiger charge is 2.47. The summed E-state index contributed by atoms with van der Waals surface area (Å²) < 4.78 is 39.3. The summed E-state index contributed by atoms with van der Waals surface area (Å²) in [7, 11) is 0. The summed E-state index contributed by atoms with van der Waals surface area (Å²) in [5.41, 5.74) is -0.0346. The molecular formula is C15H17F3N4O. The molecule has 0 radical (unpaired) electrons. The van der Waals surface area contributed by atoms with Gasteiger partial charge in [0.1, 0.15) is 11.7 Å². The standard InChI is InChI=1S/C15H17F3N4O/c1-14(2,3)13(15(16,17)18)20-12(23)11-8-10(21-22-11)9-4-6-19-7-5-9/h4-8,13H,1-3H3,(H,20,23)(H,21,22). The van der Waals surface area contributed by atoms with Gasteiger partial charge in [-0.2, -0.15) is 18.3 Å². The van der Waals surface area contributed by atoms with Crippen molar-refractivity contribution >= 4 is 5.91 Å². The lowest BCUT2D eigenvalue weighted by Gasteiger charge is -2.32. The Morgan fingerprint density at radius 3 is 2.35 bits per heavy atom. The first-order valence-electron chi connectivity index (χ1n) is 6.92. The number of halogens is 3. The number of aromatic amines is 1. The number of nitrogens with zero attached hydrogens (tertiary/aromatic N) is 2. The second-order valence-electron chi connectivity index (χ2n) is 6.22. The van der Waals surface area contributed by atoms with Gasteiger partial charge < -0.3 is 5.32 Å². The van der Waals surface area contributed by atoms with Crippen LogP contribution in [0.3, 0.4) is 0 Å². The molecule has 0 saturated carbocycles. The predicted octanol–water partition coefficient (Wildman–Crippen LogP) is 3.18. The SMILES string of the molecule is CC(C)(C)C(NC(=O)c1cc(-c2ccncc2)n[nH]1)C(F)(F)F. The minimum Gasteiger partial charge on any atom is -0.339 e. The van der Waals surface area contributed by atoms with Crippen LogP contribution in [-0.2, 0) is 0 Å². The van der Waals surface area contributed by atoms with Crippen molar-refractivity contribution < 1.29 is 18.0 Å². The lowest BCUT2D eigenvalue weighted by Crippen LogP contribution is -2.53. The van der Waals surface area contributed by atoms with E-state index in [1.807, 2.05) is 5.32 Å². The quantitative estimate of drug-likeness (QED) is 0.910. The van der Waals surface area contributed by atoms with Crippen LogP contribution in [0.5, 0.6) is 0 Å². The average Bonchev–Trinajstić information content (AvgIpc) is 2.93. The van der Waals surface area contributed by atoms with Crippen LogP contribution in [0.25, 0.3) is 11.3 Å². The van der Waals surface area contributed by atoms with Crippen LogP contribution in [0, 0.1) is 5.41 Å². The third-order valence-corrected chi connectivity index (χ3v) is 3.27. The Kier molecular flexibility index (Phi) is 4.44. The molecule has 1 atom stereocenters. The first-order valence-corrected chi connectivity index (χ1v) is 6.92. The number of rotatable bonds is 3. The maximum Gasteiger partial charge on any atom is 0.409 e. The Labute approximate surface area is 131 Å². The van der Waals surface area contributed by atoms with Crippen molar-refractivity contribution in [1.29, 1.82) is 0 Å². The van der Waals surface area contributed by atoms with E-state index in [2.05, 4.69) is 15.2 Å². The van der Waals surface area contributed by atoms with Gasteiger partial charge in [0.2, 0.25) is 0 Å². The van der Waals surface area contributed by atoms with Crippen LogP contribution < -0.4 is 5.32 Å². The number of hydrogen-bond acceptors (Lipinski definition) is 3. The van der Waals surface area contributed by atoms with Gasteiger partial charge in [0.05, 0.1) is 5.69 Å². The molecule has 0 aliphatic rings. The highest BCUT2D eigenvalue weighted by molar-refractivity contribution is 5.93. The largest absolute Gasteiger partial charge is 0.409 e. The maximum atomic E-state index is 13.1. The van der Waals surface area contributed by atoms with E-state index in [1.165, 1.54) is 26.8 Å². The second kappa shape index (κ2) is 6.02. The van der Waals surface area contributed by atoms with Gasteiger partial charge in [0.25, 0.3) is 5.91 Å². The van der Waals surface area contributed by atoms with E-state index in [-0.39, 0.29) is 5.69 Å². The van der Waals surface area contributed by atoms with Gasteiger partial charge in [-0.15, -0.1) is 0 Å². The zero-order chi connectivity index (χ0) is 17.3. The molecule has 0 saturated heterocycles. The number of alkyl halides is 3. The van der Waals surface area contributed by atoms with Gasteiger partial charge in [-0.1, -0.05) is 20.8 Å². The summed E-state index contributed by atoms with van der Waals surface area (Å²) in [5, 5.41) is 8.44. The summed E-state index contributed by atoms with van der Waals surface area (Å²) >= 11 is 0. The number of H-pyrrole nitrogens is 1. The highest BCUT2D eigenvalue weighted by Crippen LogP contribution is 2.33. The Balaban J connectivity index is 2.20. The molecule has 0 aliphatic heterocycles. The predicted molar refractivity (Wildman–Crippen MR) is 78.6 cm³/mol. The molecule has 0 aliphatic carbocycles. The molecule has 2 aromatic rings. The second-order valence-corrected chi connectivity index (χ2v) is 6.22. The van der Waals surface area contributed by atoms with E-state index >= 15 is 0 Å². The summed E-state index contributed by atoms with van der Waals surface area (Å²) in [5.74, 6) is -0.852. The van der Waals surface area contributed by atoms with E-state index in [4.69, 9.17) is 0 Å². The van der Waals surface area contributed by atoms with Crippen molar-refractivity contribution in [3.05, 3.63) is 36.3 Å². The lowest BCUT2D eigenvalue weighted by atomic mass is 9.86. The van der Waals surface area contributed by atoms with E-state index < -0.39 is 23.5 Å². The van der Waals surface area contributed by atoms with Gasteiger partial charge in [0.15, 0.2) is 0 Å². The third-order valence-electron chi connectivity index (χ3n) is 3.27. The topological polar surface area (TPSA) is 70.7 Å². The van der Waals surface area contributed by atoms with Gasteiger partial charge in [-0.05, 0) is 23.6 Å². The average molecular weight is 326 g/mol. The van der Waals surface area contributed by atoms with Crippen LogP contribution in [0.1, 0.15) is 31.3 Å². The van der Waals surface area contributed by atoms with Crippen LogP contribution in [0.15, 0.2) is 30.6 Å². The normalized spacial score (nSPS) is 13.7. The Morgan fingerprint density at radius 1 is 1.22 bits per heavy atom. The monoisotopic (exact) mass is 326 g/mol. The first kappa shape index (κ1) is 17.0. The van der Waals surface area contributed by atoms with Crippen molar-refractivity contribution in [2.24, 2.45) is 5.41 Å². The minimum absolute atomic E-state index is 0.0321. The summed E-state index contributed by atoms with van der Waals surface area (Å²) in [6.45, 7) is 4.25. The van der Waals surface area contributed by atoms with Gasteiger partial charge in [-0.25, -0.2) is 0 Å². The Morgan fingerprint density at radius 2 is 1.83 bits per heavy atom. The van der Waals surface area contributed by atoms with Gasteiger partial charge in [-0.3, -0.25) is 14.9 Å². The molecule has 2 heterocycles. The first-order chi connectivity index (χ1) is 10.6. The van der Waals surface area contributed by atoms with Gasteiger partial charge >= 0.3 is 6.18 Å². The zero-order valence-corrected chi connectivity index (χ0v) is 12.9. The number of pyridine rings is 1. The van der Waals surface area contributed by atoms with Crippen LogP contribution in [0.4, 0.5) is 13.2 Å². The summed E-state index contributed by atoms with van der Waals surface area (Å²) in [4.78, 5) is 16.0. The van der Waals surface area contributed by atoms with E-state index in [0.29, 0.717) is 11.3 Å². The molecule has 0 bridgehead atoms. The van der Waals surface area contributed by atoms with Crippen molar-refractivity contribution in [2.75, 3.05) is 0 Å². The van der Waals surface area contributed by atoms with E-state index in [9.17, 15) is 18.0 Å². The van der Waals surface area contributed by atoms with Crippen molar-refractivity contribution in [3.8, 4) is 11.3 Å². The number of carbonyl (C=O) groups excluding carboxylic acids is 1. The van der Waals surface area contributed by atoms with Crippen LogP contribution >= 0.6 is 0 Å². The molecule has 8 heteroatoms. The molecule has 1 amide bonds. The minimum atomic E-state index is -4.54. The van der Waals surface area contributed by atoms with Crippen LogP contribution in [0.2, 0.25) is 0 Å². The third kappa shape index (κ3) is 4.08. The molecule has 2 rings (SSSR count). The summed E-state index contributed by atoms with van der Waals surface area (Å²) in [6, 6.07) is 2.81. The zero-order valence-electron chi connectivity index (χ0n) is 12.9. The fraction of sp³-hybridized carbons (Fsp3) is 0.400. The lowest BCUT2D eigenvalue weighted by molar-refractivity contribution is -0.174. The molecule has 0 aromatic carbocycles. The highest BCUT2D eigenvalue weighted by atomic mass is 19.4. The molecule has 2 aromatic heterocycles. The Hall–Kier alpha value is -2.38. The number of carbonyl (C=O) groups is 1. The molecule has 124 valence electrons. The van der Waals surface area contributed by atoms with Crippen molar-refractivity contribution in [1.82, 2.24) is 20.5 Å². The molecular weight excluding hydrogens is 309 g/mol. The number of aromatic nitrogens is 3. The van der Waals surface area contributed by atoms with E-state index in [0.717, 1.165) is 0 Å².